The Morgan fingerprint density at radius 2 is 2.12 bits per heavy atom. The number of nitrogens with zero attached hydrogens (tertiary/aromatic N) is 5. The molecule has 0 radical (unpaired) electrons. The normalized spacial score (nSPS) is 26.2. The molecular weight excluding hydrogens is 328 g/mol. The van der Waals surface area contributed by atoms with Crippen LogP contribution in [0.4, 0.5) is 5.82 Å². The number of nitrogen functional groups attached to an aromatic ring is 1. The maximum atomic E-state index is 10.4. The number of hydrogen-bond donors (Lipinski definition) is 3. The van der Waals surface area contributed by atoms with Gasteiger partial charge in [-0.15, -0.1) is 0 Å². The number of ether oxygens (including phenoxy) is 2. The number of rotatable bonds is 4. The third-order valence-electron chi connectivity index (χ3n) is 4.05. The lowest BCUT2D eigenvalue weighted by molar-refractivity contribution is -0.0474. The van der Waals surface area contributed by atoms with Gasteiger partial charge < -0.3 is 25.4 Å². The van der Waals surface area contributed by atoms with E-state index in [-0.39, 0.29) is 12.4 Å². The summed E-state index contributed by atoms with van der Waals surface area (Å²) in [5, 5.41) is 20.6. The number of anilines is 1. The number of imidazole rings is 1. The third kappa shape index (κ3) is 2.76. The standard InChI is InChI=1S/C15H16N6O4/c16-13-10-14(19-6-18-13)21(7-20-10)15-12(23)11(22)9(25-15)5-24-8-2-1-3-17-4-8/h1-4,6-7,9,11-12,15,22-23H,5H2,(H2,16,18,19)/t9-,11+,12-,15+/m1/s1. The SMILES string of the molecule is Nc1ncnc2c1ncn2[C@H]1O[C@H](COc2cccnc2)[C@H](O)[C@H]1O. The average Bonchev–Trinajstić information content (AvgIpc) is 3.18. The average molecular weight is 344 g/mol. The lowest BCUT2D eigenvalue weighted by Crippen LogP contribution is -2.34. The molecule has 25 heavy (non-hydrogen) atoms. The molecule has 10 heteroatoms. The highest BCUT2D eigenvalue weighted by molar-refractivity contribution is 5.81. The van der Waals surface area contributed by atoms with Gasteiger partial charge in [-0.3, -0.25) is 9.55 Å². The van der Waals surface area contributed by atoms with Crippen molar-refractivity contribution in [2.24, 2.45) is 0 Å². The maximum Gasteiger partial charge on any atom is 0.167 e. The molecule has 4 N–H and O–H groups in total. The molecule has 0 bridgehead atoms. The summed E-state index contributed by atoms with van der Waals surface area (Å²) in [5.74, 6) is 0.776. The number of pyridine rings is 1. The van der Waals surface area contributed by atoms with Crippen LogP contribution in [0, 0.1) is 0 Å². The molecule has 130 valence electrons. The van der Waals surface area contributed by atoms with E-state index in [9.17, 15) is 10.2 Å². The number of aliphatic hydroxyl groups excluding tert-OH is 2. The van der Waals surface area contributed by atoms with E-state index in [1.165, 1.54) is 17.2 Å². The van der Waals surface area contributed by atoms with Gasteiger partial charge in [-0.2, -0.15) is 0 Å². The van der Waals surface area contributed by atoms with Crippen LogP contribution in [0.15, 0.2) is 37.2 Å². The van der Waals surface area contributed by atoms with E-state index in [4.69, 9.17) is 15.2 Å². The monoisotopic (exact) mass is 344 g/mol. The maximum absolute atomic E-state index is 10.4. The summed E-state index contributed by atoms with van der Waals surface area (Å²) in [6.07, 6.45) is 2.05. The van der Waals surface area contributed by atoms with Crippen molar-refractivity contribution >= 4 is 17.0 Å². The van der Waals surface area contributed by atoms with Gasteiger partial charge in [-0.1, -0.05) is 0 Å². The first-order valence-corrected chi connectivity index (χ1v) is 7.62. The Labute approximate surface area is 141 Å². The highest BCUT2D eigenvalue weighted by Gasteiger charge is 2.44. The largest absolute Gasteiger partial charge is 0.489 e. The van der Waals surface area contributed by atoms with Crippen molar-refractivity contribution in [1.29, 1.82) is 0 Å². The van der Waals surface area contributed by atoms with E-state index in [1.54, 1.807) is 24.5 Å². The Hall–Kier alpha value is -2.82. The third-order valence-corrected chi connectivity index (χ3v) is 4.05. The van der Waals surface area contributed by atoms with Gasteiger partial charge in [0, 0.05) is 6.20 Å². The molecular formula is C15H16N6O4. The van der Waals surface area contributed by atoms with Gasteiger partial charge in [0.25, 0.3) is 0 Å². The van der Waals surface area contributed by atoms with Gasteiger partial charge >= 0.3 is 0 Å². The lowest BCUT2D eigenvalue weighted by atomic mass is 10.1. The topological polar surface area (TPSA) is 141 Å². The van der Waals surface area contributed by atoms with Crippen molar-refractivity contribution in [3.05, 3.63) is 37.2 Å². The van der Waals surface area contributed by atoms with Crippen molar-refractivity contribution in [1.82, 2.24) is 24.5 Å². The van der Waals surface area contributed by atoms with Gasteiger partial charge in [0.2, 0.25) is 0 Å². The van der Waals surface area contributed by atoms with Crippen LogP contribution in [0.2, 0.25) is 0 Å². The van der Waals surface area contributed by atoms with Crippen molar-refractivity contribution in [3.8, 4) is 5.75 Å². The van der Waals surface area contributed by atoms with Gasteiger partial charge in [-0.25, -0.2) is 15.0 Å². The summed E-state index contributed by atoms with van der Waals surface area (Å²) in [5.41, 5.74) is 6.58. The highest BCUT2D eigenvalue weighted by atomic mass is 16.6. The molecule has 3 aromatic heterocycles. The quantitative estimate of drug-likeness (QED) is 0.571. The zero-order valence-electron chi connectivity index (χ0n) is 13.0. The molecule has 4 heterocycles. The second-order valence-corrected chi connectivity index (χ2v) is 5.63. The van der Waals surface area contributed by atoms with Crippen LogP contribution in [-0.2, 0) is 4.74 Å². The molecule has 10 nitrogen and oxygen atoms in total. The van der Waals surface area contributed by atoms with Gasteiger partial charge in [0.15, 0.2) is 17.7 Å². The summed E-state index contributed by atoms with van der Waals surface area (Å²) < 4.78 is 12.8. The highest BCUT2D eigenvalue weighted by Crippen LogP contribution is 2.32. The van der Waals surface area contributed by atoms with E-state index >= 15 is 0 Å². The first kappa shape index (κ1) is 15.7. The van der Waals surface area contributed by atoms with Crippen LogP contribution in [0.5, 0.6) is 5.75 Å². The van der Waals surface area contributed by atoms with Crippen molar-refractivity contribution in [2.45, 2.75) is 24.5 Å². The summed E-state index contributed by atoms with van der Waals surface area (Å²) >= 11 is 0. The second kappa shape index (κ2) is 6.24. The molecule has 4 rings (SSSR count). The van der Waals surface area contributed by atoms with Crippen molar-refractivity contribution < 1.29 is 19.7 Å². The Morgan fingerprint density at radius 3 is 2.92 bits per heavy atom. The number of nitrogens with two attached hydrogens (primary N) is 1. The summed E-state index contributed by atoms with van der Waals surface area (Å²) in [6.45, 7) is 0.0597. The molecule has 1 saturated heterocycles. The van der Waals surface area contributed by atoms with Crippen LogP contribution >= 0.6 is 0 Å². The first-order valence-electron chi connectivity index (χ1n) is 7.62. The number of hydrogen-bond acceptors (Lipinski definition) is 9. The number of aromatic nitrogens is 5. The molecule has 1 fully saturated rings. The minimum Gasteiger partial charge on any atom is -0.489 e. The van der Waals surface area contributed by atoms with Crippen molar-refractivity contribution in [3.63, 3.8) is 0 Å². The second-order valence-electron chi connectivity index (χ2n) is 5.63. The number of aliphatic hydroxyl groups is 2. The van der Waals surface area contributed by atoms with Crippen LogP contribution < -0.4 is 10.5 Å². The Kier molecular flexibility index (Phi) is 3.92. The molecule has 3 aromatic rings. The molecule has 0 aromatic carbocycles. The zero-order valence-corrected chi connectivity index (χ0v) is 13.0. The molecule has 0 amide bonds. The Morgan fingerprint density at radius 1 is 1.24 bits per heavy atom. The smallest absolute Gasteiger partial charge is 0.167 e. The van der Waals surface area contributed by atoms with E-state index < -0.39 is 24.5 Å². The molecule has 0 unspecified atom stereocenters. The molecule has 0 spiro atoms. The van der Waals surface area contributed by atoms with E-state index in [2.05, 4.69) is 19.9 Å². The van der Waals surface area contributed by atoms with Gasteiger partial charge in [-0.05, 0) is 12.1 Å². The van der Waals surface area contributed by atoms with Crippen LogP contribution in [-0.4, -0.2) is 59.6 Å². The molecule has 0 aliphatic carbocycles. The van der Waals surface area contributed by atoms with Crippen LogP contribution in [0.3, 0.4) is 0 Å². The van der Waals surface area contributed by atoms with E-state index in [1.807, 2.05) is 0 Å². The molecule has 4 atom stereocenters. The Bertz CT molecular complexity index is 873. The Balaban J connectivity index is 1.54. The molecule has 0 saturated carbocycles. The van der Waals surface area contributed by atoms with E-state index in [0.717, 1.165) is 0 Å². The first-order chi connectivity index (χ1) is 12.1. The van der Waals surface area contributed by atoms with Gasteiger partial charge in [0.05, 0.1) is 12.5 Å². The number of fused-ring (bicyclic) bond motifs is 1. The molecule has 1 aliphatic heterocycles. The van der Waals surface area contributed by atoms with Gasteiger partial charge in [0.1, 0.15) is 42.5 Å². The minimum atomic E-state index is -1.17. The summed E-state index contributed by atoms with van der Waals surface area (Å²) in [4.78, 5) is 16.1. The fourth-order valence-electron chi connectivity index (χ4n) is 2.76. The summed E-state index contributed by atoms with van der Waals surface area (Å²) in [6, 6.07) is 3.48. The van der Waals surface area contributed by atoms with Crippen LogP contribution in [0.1, 0.15) is 6.23 Å². The summed E-state index contributed by atoms with van der Waals surface area (Å²) in [7, 11) is 0. The van der Waals surface area contributed by atoms with E-state index in [0.29, 0.717) is 16.9 Å². The fourth-order valence-corrected chi connectivity index (χ4v) is 2.76. The predicted molar refractivity (Wildman–Crippen MR) is 85.4 cm³/mol. The molecule has 1 aliphatic rings. The minimum absolute atomic E-state index is 0.0597. The van der Waals surface area contributed by atoms with Crippen LogP contribution in [0.25, 0.3) is 11.2 Å². The fraction of sp³-hybridized carbons (Fsp3) is 0.333. The zero-order chi connectivity index (χ0) is 17.4. The lowest BCUT2D eigenvalue weighted by Gasteiger charge is -2.16. The predicted octanol–water partition coefficient (Wildman–Crippen LogP) is -0.498. The van der Waals surface area contributed by atoms with Crippen molar-refractivity contribution in [2.75, 3.05) is 12.3 Å².